The molecule has 0 saturated heterocycles. The van der Waals surface area contributed by atoms with Crippen molar-refractivity contribution in [2.75, 3.05) is 13.7 Å². The lowest BCUT2D eigenvalue weighted by Crippen LogP contribution is -2.16. The zero-order valence-corrected chi connectivity index (χ0v) is 14.5. The maximum Gasteiger partial charge on any atom is 0.240 e. The maximum atomic E-state index is 11.7. The minimum absolute atomic E-state index is 0.0660. The molecule has 0 heterocycles. The molecule has 130 valence electrons. The molecule has 24 heavy (non-hydrogen) atoms. The zero-order valence-electron chi connectivity index (χ0n) is 14.5. The van der Waals surface area contributed by atoms with Crippen LogP contribution in [0, 0.1) is 12.3 Å². The van der Waals surface area contributed by atoms with Crippen LogP contribution in [-0.2, 0) is 4.79 Å². The summed E-state index contributed by atoms with van der Waals surface area (Å²) in [6.45, 7) is 2.35. The second-order valence-corrected chi connectivity index (χ2v) is 5.36. The average Bonchev–Trinajstić information content (AvgIpc) is 2.60. The molecule has 0 aromatic heterocycles. The third-order valence-electron chi connectivity index (χ3n) is 3.41. The fourth-order valence-electron chi connectivity index (χ4n) is 2.13. The van der Waals surface area contributed by atoms with E-state index in [-0.39, 0.29) is 12.5 Å². The number of amides is 1. The van der Waals surface area contributed by atoms with Crippen LogP contribution in [0.25, 0.3) is 0 Å². The summed E-state index contributed by atoms with van der Waals surface area (Å²) in [5.74, 6) is 3.48. The number of nitrogens with one attached hydrogen (secondary N) is 1. The van der Waals surface area contributed by atoms with E-state index < -0.39 is 0 Å². The Hall–Kier alpha value is -2.48. The molecule has 0 radical (unpaired) electrons. The maximum absolute atomic E-state index is 11.7. The van der Waals surface area contributed by atoms with Gasteiger partial charge in [0.15, 0.2) is 11.5 Å². The number of hydrogen-bond acceptors (Lipinski definition) is 4. The number of hydrogen-bond donors (Lipinski definition) is 1. The van der Waals surface area contributed by atoms with E-state index in [4.69, 9.17) is 15.9 Å². The molecule has 1 rings (SSSR count). The summed E-state index contributed by atoms with van der Waals surface area (Å²) in [5, 5.41) is 3.97. The Bertz CT molecular complexity index is 576. The van der Waals surface area contributed by atoms with Crippen LogP contribution in [0.5, 0.6) is 11.5 Å². The van der Waals surface area contributed by atoms with Gasteiger partial charge in [-0.2, -0.15) is 5.10 Å². The van der Waals surface area contributed by atoms with Gasteiger partial charge in [0.1, 0.15) is 6.61 Å². The Morgan fingerprint density at radius 3 is 2.79 bits per heavy atom. The van der Waals surface area contributed by atoms with Crippen molar-refractivity contribution in [3.8, 4) is 23.8 Å². The molecule has 0 aliphatic rings. The second-order valence-electron chi connectivity index (χ2n) is 5.36. The van der Waals surface area contributed by atoms with Crippen LogP contribution in [0.1, 0.15) is 51.0 Å². The minimum Gasteiger partial charge on any atom is -0.493 e. The van der Waals surface area contributed by atoms with Gasteiger partial charge in [-0.15, -0.1) is 6.42 Å². The smallest absolute Gasteiger partial charge is 0.240 e. The molecular weight excluding hydrogens is 304 g/mol. The fraction of sp³-hybridized carbons (Fsp3) is 0.474. The van der Waals surface area contributed by atoms with Gasteiger partial charge in [-0.1, -0.05) is 38.5 Å². The predicted molar refractivity (Wildman–Crippen MR) is 96.4 cm³/mol. The monoisotopic (exact) mass is 330 g/mol. The largest absolute Gasteiger partial charge is 0.493 e. The molecule has 1 N–H and O–H groups in total. The van der Waals surface area contributed by atoms with Crippen molar-refractivity contribution >= 4 is 12.1 Å². The number of ether oxygens (including phenoxy) is 2. The van der Waals surface area contributed by atoms with Gasteiger partial charge < -0.3 is 9.47 Å². The number of methoxy groups -OCH3 is 1. The first-order valence-corrected chi connectivity index (χ1v) is 8.27. The van der Waals surface area contributed by atoms with Gasteiger partial charge in [0.2, 0.25) is 5.91 Å². The highest BCUT2D eigenvalue weighted by Crippen LogP contribution is 2.27. The molecule has 0 spiro atoms. The highest BCUT2D eigenvalue weighted by molar-refractivity contribution is 5.83. The van der Waals surface area contributed by atoms with E-state index >= 15 is 0 Å². The quantitative estimate of drug-likeness (QED) is 0.292. The summed E-state index contributed by atoms with van der Waals surface area (Å²) in [4.78, 5) is 11.7. The first-order chi connectivity index (χ1) is 11.7. The summed E-state index contributed by atoms with van der Waals surface area (Å²) in [7, 11) is 1.55. The molecule has 1 aromatic rings. The Morgan fingerprint density at radius 1 is 1.29 bits per heavy atom. The van der Waals surface area contributed by atoms with E-state index in [0.717, 1.165) is 18.4 Å². The molecule has 1 amide bonds. The molecule has 5 heteroatoms. The number of rotatable bonds is 11. The molecule has 0 fully saturated rings. The number of terminal acetylenes is 1. The van der Waals surface area contributed by atoms with Gasteiger partial charge in [0, 0.05) is 6.42 Å². The molecule has 5 nitrogen and oxygen atoms in total. The number of hydrazone groups is 1. The lowest BCUT2D eigenvalue weighted by Gasteiger charge is -2.09. The van der Waals surface area contributed by atoms with E-state index in [9.17, 15) is 4.79 Å². The molecular formula is C19H26N2O3. The number of nitrogens with zero attached hydrogens (tertiary/aromatic N) is 1. The van der Waals surface area contributed by atoms with Crippen molar-refractivity contribution in [2.24, 2.45) is 5.10 Å². The summed E-state index contributed by atoms with van der Waals surface area (Å²) in [6, 6.07) is 5.34. The predicted octanol–water partition coefficient (Wildman–Crippen LogP) is 3.52. The zero-order chi connectivity index (χ0) is 17.6. The van der Waals surface area contributed by atoms with Crippen molar-refractivity contribution in [1.82, 2.24) is 5.43 Å². The van der Waals surface area contributed by atoms with E-state index in [1.54, 1.807) is 25.5 Å². The molecule has 0 unspecified atom stereocenters. The fourth-order valence-corrected chi connectivity index (χ4v) is 2.13. The van der Waals surface area contributed by atoms with Gasteiger partial charge in [0.05, 0.1) is 13.3 Å². The summed E-state index contributed by atoms with van der Waals surface area (Å²) < 4.78 is 10.6. The van der Waals surface area contributed by atoms with Crippen LogP contribution >= 0.6 is 0 Å². The SMILES string of the molecule is C#CCOc1ccc(/C=N/NC(=O)CCCCCCC)cc1OC. The Balaban J connectivity index is 2.43. The van der Waals surface area contributed by atoms with Crippen molar-refractivity contribution in [1.29, 1.82) is 0 Å². The van der Waals surface area contributed by atoms with Crippen LogP contribution < -0.4 is 14.9 Å². The lowest BCUT2D eigenvalue weighted by molar-refractivity contribution is -0.121. The van der Waals surface area contributed by atoms with E-state index in [1.165, 1.54) is 19.3 Å². The van der Waals surface area contributed by atoms with Crippen LogP contribution in [0.15, 0.2) is 23.3 Å². The van der Waals surface area contributed by atoms with Crippen molar-refractivity contribution in [3.63, 3.8) is 0 Å². The highest BCUT2D eigenvalue weighted by Gasteiger charge is 2.04. The normalized spacial score (nSPS) is 10.4. The summed E-state index contributed by atoms with van der Waals surface area (Å²) in [5.41, 5.74) is 3.33. The number of carbonyl (C=O) groups excluding carboxylic acids is 1. The molecule has 1 aromatic carbocycles. The molecule has 0 bridgehead atoms. The van der Waals surface area contributed by atoms with E-state index in [2.05, 4.69) is 23.4 Å². The van der Waals surface area contributed by atoms with Crippen molar-refractivity contribution in [2.45, 2.75) is 45.4 Å². The Morgan fingerprint density at radius 2 is 2.08 bits per heavy atom. The third kappa shape index (κ3) is 7.68. The van der Waals surface area contributed by atoms with Crippen LogP contribution in [0.4, 0.5) is 0 Å². The molecule has 0 aliphatic heterocycles. The van der Waals surface area contributed by atoms with Crippen LogP contribution in [-0.4, -0.2) is 25.8 Å². The number of carbonyl (C=O) groups is 1. The van der Waals surface area contributed by atoms with Crippen molar-refractivity contribution < 1.29 is 14.3 Å². The van der Waals surface area contributed by atoms with Gasteiger partial charge in [-0.25, -0.2) is 5.43 Å². The van der Waals surface area contributed by atoms with E-state index in [1.807, 2.05) is 6.07 Å². The Labute approximate surface area is 144 Å². The minimum atomic E-state index is -0.0660. The average molecular weight is 330 g/mol. The summed E-state index contributed by atoms with van der Waals surface area (Å²) in [6.07, 6.45) is 12.8. The van der Waals surface area contributed by atoms with Crippen LogP contribution in [0.2, 0.25) is 0 Å². The van der Waals surface area contributed by atoms with Gasteiger partial charge in [0.25, 0.3) is 0 Å². The standard InChI is InChI=1S/C19H26N2O3/c1-4-6-7-8-9-10-19(22)21-20-15-16-11-12-17(24-13-5-2)18(14-16)23-3/h2,11-12,14-15H,4,6-10,13H2,1,3H3,(H,21,22)/b20-15+. The number of unbranched alkanes of at least 4 members (excludes halogenated alkanes) is 4. The lowest BCUT2D eigenvalue weighted by atomic mass is 10.1. The van der Waals surface area contributed by atoms with Gasteiger partial charge in [-0.05, 0) is 30.2 Å². The third-order valence-corrected chi connectivity index (χ3v) is 3.41. The second kappa shape index (κ2) is 12.0. The molecule has 0 aliphatic carbocycles. The first kappa shape index (κ1) is 19.6. The van der Waals surface area contributed by atoms with Crippen LogP contribution in [0.3, 0.4) is 0 Å². The molecule has 0 saturated carbocycles. The van der Waals surface area contributed by atoms with Gasteiger partial charge in [-0.3, -0.25) is 4.79 Å². The molecule has 0 atom stereocenters. The van der Waals surface area contributed by atoms with Crippen molar-refractivity contribution in [3.05, 3.63) is 23.8 Å². The first-order valence-electron chi connectivity index (χ1n) is 8.27. The number of benzene rings is 1. The topological polar surface area (TPSA) is 59.9 Å². The van der Waals surface area contributed by atoms with E-state index in [0.29, 0.717) is 17.9 Å². The van der Waals surface area contributed by atoms with Gasteiger partial charge >= 0.3 is 0 Å². The highest BCUT2D eigenvalue weighted by atomic mass is 16.5. The summed E-state index contributed by atoms with van der Waals surface area (Å²) >= 11 is 0. The Kier molecular flexibility index (Phi) is 9.79.